The monoisotopic (exact) mass is 381 g/mol. The van der Waals surface area contributed by atoms with Gasteiger partial charge in [0.15, 0.2) is 6.61 Å². The Bertz CT molecular complexity index is 671. The van der Waals surface area contributed by atoms with Gasteiger partial charge >= 0.3 is 0 Å². The average molecular weight is 381 g/mol. The van der Waals surface area contributed by atoms with Crippen molar-refractivity contribution in [2.24, 2.45) is 0 Å². The van der Waals surface area contributed by atoms with Gasteiger partial charge < -0.3 is 21.1 Å². The lowest BCUT2D eigenvalue weighted by Crippen LogP contribution is -2.25. The van der Waals surface area contributed by atoms with E-state index in [9.17, 15) is 4.79 Å². The molecule has 1 heterocycles. The lowest BCUT2D eigenvalue weighted by Gasteiger charge is -2.20. The van der Waals surface area contributed by atoms with E-state index in [1.54, 1.807) is 12.1 Å². The number of nitrogens with one attached hydrogen (secondary N) is 2. The van der Waals surface area contributed by atoms with Crippen molar-refractivity contribution in [2.45, 2.75) is 0 Å². The van der Waals surface area contributed by atoms with Gasteiger partial charge in [-0.05, 0) is 52.9 Å². The first-order valence-electron chi connectivity index (χ1n) is 6.00. The van der Waals surface area contributed by atoms with Crippen molar-refractivity contribution in [3.63, 3.8) is 0 Å². The summed E-state index contributed by atoms with van der Waals surface area (Å²) in [5.74, 6) is 0.428. The number of ether oxygens (including phenoxy) is 1. The van der Waals surface area contributed by atoms with E-state index < -0.39 is 0 Å². The van der Waals surface area contributed by atoms with Gasteiger partial charge in [-0.15, -0.1) is 0 Å². The number of nitrogens with two attached hydrogens (primary N) is 1. The van der Waals surface area contributed by atoms with Crippen LogP contribution < -0.4 is 21.1 Å². The Kier molecular flexibility index (Phi) is 3.39. The van der Waals surface area contributed by atoms with E-state index in [2.05, 4.69) is 33.2 Å². The first kappa shape index (κ1) is 13.0. The Morgan fingerprint density at radius 2 is 2.00 bits per heavy atom. The molecule has 5 nitrogen and oxygen atoms in total. The topological polar surface area (TPSA) is 76.4 Å². The molecule has 1 aliphatic rings. The molecule has 0 radical (unpaired) electrons. The minimum absolute atomic E-state index is 0.0241. The maximum atomic E-state index is 11.3. The van der Waals surface area contributed by atoms with E-state index in [0.717, 1.165) is 14.9 Å². The van der Waals surface area contributed by atoms with Crippen LogP contribution in [0.15, 0.2) is 36.4 Å². The number of fused-ring (bicyclic) bond motifs is 1. The minimum atomic E-state index is -0.164. The lowest BCUT2D eigenvalue weighted by molar-refractivity contribution is -0.118. The SMILES string of the molecule is Nc1cc2c(cc1Nc1ccc(I)cc1)NC(=O)CO2. The van der Waals surface area contributed by atoms with E-state index in [4.69, 9.17) is 10.5 Å². The van der Waals surface area contributed by atoms with Crippen molar-refractivity contribution in [3.05, 3.63) is 40.0 Å². The summed E-state index contributed by atoms with van der Waals surface area (Å²) >= 11 is 2.25. The molecule has 2 aromatic carbocycles. The molecular weight excluding hydrogens is 369 g/mol. The number of hydrogen-bond donors (Lipinski definition) is 3. The summed E-state index contributed by atoms with van der Waals surface area (Å²) in [6.07, 6.45) is 0. The number of amides is 1. The molecule has 102 valence electrons. The molecule has 20 heavy (non-hydrogen) atoms. The van der Waals surface area contributed by atoms with Crippen molar-refractivity contribution < 1.29 is 9.53 Å². The molecule has 1 amide bonds. The van der Waals surface area contributed by atoms with Gasteiger partial charge in [0.2, 0.25) is 0 Å². The normalized spacial score (nSPS) is 13.2. The summed E-state index contributed by atoms with van der Waals surface area (Å²) in [6.45, 7) is 0.0241. The summed E-state index contributed by atoms with van der Waals surface area (Å²) in [5, 5.41) is 5.99. The Labute approximate surface area is 129 Å². The fraction of sp³-hybridized carbons (Fsp3) is 0.0714. The van der Waals surface area contributed by atoms with Gasteiger partial charge in [0, 0.05) is 15.3 Å². The molecule has 1 aliphatic heterocycles. The molecular formula is C14H12IN3O2. The highest BCUT2D eigenvalue weighted by molar-refractivity contribution is 14.1. The Morgan fingerprint density at radius 3 is 2.75 bits per heavy atom. The predicted octanol–water partition coefficient (Wildman–Crippen LogP) is 2.95. The highest BCUT2D eigenvalue weighted by atomic mass is 127. The fourth-order valence-electron chi connectivity index (χ4n) is 1.94. The van der Waals surface area contributed by atoms with Gasteiger partial charge in [0.25, 0.3) is 5.91 Å². The third-order valence-corrected chi connectivity index (χ3v) is 3.63. The number of anilines is 4. The van der Waals surface area contributed by atoms with Crippen LogP contribution in [0, 0.1) is 3.57 Å². The van der Waals surface area contributed by atoms with Gasteiger partial charge in [-0.2, -0.15) is 0 Å². The van der Waals surface area contributed by atoms with Crippen LogP contribution in [0.5, 0.6) is 5.75 Å². The van der Waals surface area contributed by atoms with Crippen LogP contribution in [0.25, 0.3) is 0 Å². The lowest BCUT2D eigenvalue weighted by atomic mass is 10.2. The molecule has 0 fully saturated rings. The molecule has 0 bridgehead atoms. The number of halogens is 1. The number of nitrogen functional groups attached to an aromatic ring is 1. The second-order valence-corrected chi connectivity index (χ2v) is 5.65. The van der Waals surface area contributed by atoms with Crippen LogP contribution in [0.2, 0.25) is 0 Å². The van der Waals surface area contributed by atoms with E-state index >= 15 is 0 Å². The predicted molar refractivity (Wildman–Crippen MR) is 87.4 cm³/mol. The van der Waals surface area contributed by atoms with Crippen molar-refractivity contribution in [3.8, 4) is 5.75 Å². The Morgan fingerprint density at radius 1 is 1.25 bits per heavy atom. The van der Waals surface area contributed by atoms with Crippen molar-refractivity contribution in [1.29, 1.82) is 0 Å². The molecule has 0 atom stereocenters. The van der Waals surface area contributed by atoms with Crippen molar-refractivity contribution in [2.75, 3.05) is 23.0 Å². The standard InChI is InChI=1S/C14H12IN3O2/c15-8-1-3-9(4-2-8)17-11-6-12-13(5-10(11)16)20-7-14(19)18-12/h1-6,17H,7,16H2,(H,18,19). The van der Waals surface area contributed by atoms with Crippen molar-refractivity contribution in [1.82, 2.24) is 0 Å². The zero-order chi connectivity index (χ0) is 14.1. The van der Waals surface area contributed by atoms with Crippen molar-refractivity contribution >= 4 is 51.2 Å². The summed E-state index contributed by atoms with van der Waals surface area (Å²) in [6, 6.07) is 11.4. The van der Waals surface area contributed by atoms with Gasteiger partial charge in [0.1, 0.15) is 5.75 Å². The first-order chi connectivity index (χ1) is 9.61. The molecule has 4 N–H and O–H groups in total. The summed E-state index contributed by atoms with van der Waals surface area (Å²) in [5.41, 5.74) is 8.86. The average Bonchev–Trinajstić information content (AvgIpc) is 2.42. The maximum Gasteiger partial charge on any atom is 0.262 e. The summed E-state index contributed by atoms with van der Waals surface area (Å²) in [7, 11) is 0. The van der Waals surface area contributed by atoms with Crippen LogP contribution in [-0.2, 0) is 4.79 Å². The summed E-state index contributed by atoms with van der Waals surface area (Å²) < 4.78 is 6.48. The van der Waals surface area contributed by atoms with E-state index in [-0.39, 0.29) is 12.5 Å². The van der Waals surface area contributed by atoms with Gasteiger partial charge in [0.05, 0.1) is 17.1 Å². The van der Waals surface area contributed by atoms with E-state index in [1.165, 1.54) is 0 Å². The zero-order valence-corrected chi connectivity index (χ0v) is 12.6. The first-order valence-corrected chi connectivity index (χ1v) is 7.08. The summed E-state index contributed by atoms with van der Waals surface area (Å²) in [4.78, 5) is 11.3. The number of hydrogen-bond acceptors (Lipinski definition) is 4. The van der Waals surface area contributed by atoms with Crippen LogP contribution >= 0.6 is 22.6 Å². The van der Waals surface area contributed by atoms with E-state index in [1.807, 2.05) is 24.3 Å². The largest absolute Gasteiger partial charge is 0.482 e. The number of rotatable bonds is 2. The smallest absolute Gasteiger partial charge is 0.262 e. The molecule has 0 saturated heterocycles. The van der Waals surface area contributed by atoms with Gasteiger partial charge in [-0.1, -0.05) is 0 Å². The van der Waals surface area contributed by atoms with Crippen LogP contribution in [0.1, 0.15) is 0 Å². The molecule has 0 aliphatic carbocycles. The highest BCUT2D eigenvalue weighted by Gasteiger charge is 2.17. The van der Waals surface area contributed by atoms with Gasteiger partial charge in [-0.3, -0.25) is 4.79 Å². The molecule has 0 unspecified atom stereocenters. The second kappa shape index (κ2) is 5.20. The molecule has 6 heteroatoms. The molecule has 3 rings (SSSR count). The minimum Gasteiger partial charge on any atom is -0.482 e. The molecule has 0 aromatic heterocycles. The number of carbonyl (C=O) groups excluding carboxylic acids is 1. The Balaban J connectivity index is 1.91. The zero-order valence-electron chi connectivity index (χ0n) is 10.4. The third-order valence-electron chi connectivity index (χ3n) is 2.91. The molecule has 2 aromatic rings. The number of benzene rings is 2. The van der Waals surface area contributed by atoms with Crippen LogP contribution in [0.3, 0.4) is 0 Å². The van der Waals surface area contributed by atoms with Crippen LogP contribution in [0.4, 0.5) is 22.7 Å². The Hall–Kier alpha value is -1.96. The quantitative estimate of drug-likeness (QED) is 0.552. The maximum absolute atomic E-state index is 11.3. The van der Waals surface area contributed by atoms with Crippen LogP contribution in [-0.4, -0.2) is 12.5 Å². The molecule has 0 spiro atoms. The third kappa shape index (κ3) is 2.64. The number of carbonyl (C=O) groups is 1. The van der Waals surface area contributed by atoms with Gasteiger partial charge in [-0.25, -0.2) is 0 Å². The van der Waals surface area contributed by atoms with E-state index in [0.29, 0.717) is 17.1 Å². The fourth-order valence-corrected chi connectivity index (χ4v) is 2.30. The second-order valence-electron chi connectivity index (χ2n) is 4.40. The molecule has 0 saturated carbocycles. The highest BCUT2D eigenvalue weighted by Crippen LogP contribution is 2.36.